The van der Waals surface area contributed by atoms with Gasteiger partial charge in [0.25, 0.3) is 0 Å². The van der Waals surface area contributed by atoms with Crippen molar-refractivity contribution >= 4 is 22.8 Å². The number of rotatable bonds is 3. The number of carbonyl (C=O) groups excluding carboxylic acids is 1. The van der Waals surface area contributed by atoms with Crippen LogP contribution < -0.4 is 0 Å². The highest BCUT2D eigenvalue weighted by Gasteiger charge is 2.10. The third-order valence-corrected chi connectivity index (χ3v) is 4.63. The van der Waals surface area contributed by atoms with Gasteiger partial charge in [-0.1, -0.05) is 24.3 Å². The molecule has 3 heterocycles. The number of fused-ring (bicyclic) bond motifs is 1. The number of thiophene rings is 1. The lowest BCUT2D eigenvalue weighted by Gasteiger charge is -2.05. The molecule has 0 saturated carbocycles. The molecule has 0 atom stereocenters. The quantitative estimate of drug-likeness (QED) is 0.528. The van der Waals surface area contributed by atoms with E-state index >= 15 is 0 Å². The van der Waals surface area contributed by atoms with Crippen molar-refractivity contribution in [3.05, 3.63) is 65.9 Å². The summed E-state index contributed by atoms with van der Waals surface area (Å²) in [5.74, 6) is 0.0570. The van der Waals surface area contributed by atoms with Gasteiger partial charge in [-0.3, -0.25) is 9.20 Å². The van der Waals surface area contributed by atoms with E-state index in [4.69, 9.17) is 0 Å². The fourth-order valence-electron chi connectivity index (χ4n) is 2.55. The largest absolute Gasteiger partial charge is 0.296 e. The zero-order valence-corrected chi connectivity index (χ0v) is 13.2. The van der Waals surface area contributed by atoms with E-state index in [0.29, 0.717) is 5.56 Å². The minimum Gasteiger partial charge on any atom is -0.296 e. The fraction of sp³-hybridized carbons (Fsp3) is 0.0556. The van der Waals surface area contributed by atoms with E-state index in [0.717, 1.165) is 27.5 Å². The Kier molecular flexibility index (Phi) is 3.28. The number of Topliss-reactive ketones (excluding diaryl/α,β-unsaturated/α-hetero) is 1. The lowest BCUT2D eigenvalue weighted by molar-refractivity contribution is 0.101. The van der Waals surface area contributed by atoms with Crippen LogP contribution in [0.15, 0.2) is 60.4 Å². The number of benzene rings is 1. The number of nitrogens with zero attached hydrogens (tertiary/aromatic N) is 3. The van der Waals surface area contributed by atoms with Gasteiger partial charge in [0.15, 0.2) is 11.4 Å². The summed E-state index contributed by atoms with van der Waals surface area (Å²) < 4.78 is 2.02. The van der Waals surface area contributed by atoms with Crippen LogP contribution in [0.1, 0.15) is 17.3 Å². The van der Waals surface area contributed by atoms with Crippen molar-refractivity contribution < 1.29 is 4.79 Å². The molecule has 1 aromatic carbocycles. The van der Waals surface area contributed by atoms with Crippen LogP contribution in [0.4, 0.5) is 0 Å². The third-order valence-electron chi connectivity index (χ3n) is 3.73. The average molecular weight is 319 g/mol. The Morgan fingerprint density at radius 3 is 2.83 bits per heavy atom. The molecule has 0 unspecified atom stereocenters. The van der Waals surface area contributed by atoms with Crippen LogP contribution in [-0.2, 0) is 0 Å². The molecule has 0 aliphatic heterocycles. The van der Waals surface area contributed by atoms with Crippen LogP contribution in [0.25, 0.3) is 27.5 Å². The second kappa shape index (κ2) is 5.44. The summed E-state index contributed by atoms with van der Waals surface area (Å²) in [5.41, 5.74) is 4.31. The first-order valence-corrected chi connectivity index (χ1v) is 8.09. The minimum absolute atomic E-state index is 0.0570. The molecule has 5 heteroatoms. The molecular weight excluding hydrogens is 306 g/mol. The highest BCUT2D eigenvalue weighted by Crippen LogP contribution is 2.26. The van der Waals surface area contributed by atoms with Crippen LogP contribution in [0.2, 0.25) is 0 Å². The van der Waals surface area contributed by atoms with Crippen LogP contribution in [-0.4, -0.2) is 20.2 Å². The van der Waals surface area contributed by atoms with Gasteiger partial charge in [0.2, 0.25) is 0 Å². The van der Waals surface area contributed by atoms with Gasteiger partial charge < -0.3 is 0 Å². The minimum atomic E-state index is 0.0570. The zero-order valence-electron chi connectivity index (χ0n) is 12.4. The van der Waals surface area contributed by atoms with E-state index in [1.165, 1.54) is 0 Å². The Hall–Kier alpha value is -2.79. The molecule has 4 nitrogen and oxygen atoms in total. The van der Waals surface area contributed by atoms with Crippen molar-refractivity contribution in [2.75, 3.05) is 0 Å². The van der Waals surface area contributed by atoms with Crippen LogP contribution in [0.3, 0.4) is 0 Å². The van der Waals surface area contributed by atoms with E-state index in [1.807, 2.05) is 58.6 Å². The fourth-order valence-corrected chi connectivity index (χ4v) is 3.24. The maximum absolute atomic E-state index is 11.6. The van der Waals surface area contributed by atoms with Crippen molar-refractivity contribution in [3.63, 3.8) is 0 Å². The molecule has 0 fully saturated rings. The molecule has 4 rings (SSSR count). The Balaban J connectivity index is 1.89. The number of hydrogen-bond donors (Lipinski definition) is 0. The molecular formula is C18H13N3OS. The standard InChI is InChI=1S/C18H13N3OS/c1-12(22)13-4-2-5-14(8-13)16-9-20-18-10-19-15(11-21(16)18)17-6-3-7-23-17/h2-11H,1H3. The molecule has 112 valence electrons. The van der Waals surface area contributed by atoms with Gasteiger partial charge in [0, 0.05) is 17.3 Å². The van der Waals surface area contributed by atoms with Crippen LogP contribution in [0.5, 0.6) is 0 Å². The maximum atomic E-state index is 11.6. The predicted molar refractivity (Wildman–Crippen MR) is 91.7 cm³/mol. The molecule has 4 aromatic rings. The van der Waals surface area contributed by atoms with Gasteiger partial charge >= 0.3 is 0 Å². The molecule has 0 aliphatic carbocycles. The predicted octanol–water partition coefficient (Wildman–Crippen LogP) is 4.33. The molecule has 0 saturated heterocycles. The summed E-state index contributed by atoms with van der Waals surface area (Å²) >= 11 is 1.65. The molecule has 0 bridgehead atoms. The van der Waals surface area contributed by atoms with E-state index in [-0.39, 0.29) is 5.78 Å². The molecule has 0 N–H and O–H groups in total. The summed E-state index contributed by atoms with van der Waals surface area (Å²) in [6.07, 6.45) is 5.58. The van der Waals surface area contributed by atoms with Crippen molar-refractivity contribution in [3.8, 4) is 21.8 Å². The lowest BCUT2D eigenvalue weighted by atomic mass is 10.1. The molecule has 0 spiro atoms. The molecule has 0 radical (unpaired) electrons. The van der Waals surface area contributed by atoms with Gasteiger partial charge in [-0.15, -0.1) is 11.3 Å². The molecule has 3 aromatic heterocycles. The maximum Gasteiger partial charge on any atom is 0.159 e. The lowest BCUT2D eigenvalue weighted by Crippen LogP contribution is -1.94. The van der Waals surface area contributed by atoms with Crippen LogP contribution in [0, 0.1) is 0 Å². The first-order valence-electron chi connectivity index (χ1n) is 7.21. The van der Waals surface area contributed by atoms with E-state index in [2.05, 4.69) is 9.97 Å². The first kappa shape index (κ1) is 13.8. The van der Waals surface area contributed by atoms with Gasteiger partial charge in [-0.25, -0.2) is 9.97 Å². The number of carbonyl (C=O) groups is 1. The summed E-state index contributed by atoms with van der Waals surface area (Å²) in [5, 5.41) is 2.03. The Labute approximate surface area is 137 Å². The number of hydrogen-bond acceptors (Lipinski definition) is 4. The third kappa shape index (κ3) is 2.45. The van der Waals surface area contributed by atoms with Crippen LogP contribution >= 0.6 is 11.3 Å². The smallest absolute Gasteiger partial charge is 0.159 e. The number of imidazole rings is 1. The normalized spacial score (nSPS) is 11.0. The highest BCUT2D eigenvalue weighted by atomic mass is 32.1. The van der Waals surface area contributed by atoms with Gasteiger partial charge in [-0.05, 0) is 24.4 Å². The van der Waals surface area contributed by atoms with Crippen molar-refractivity contribution in [2.45, 2.75) is 6.92 Å². The van der Waals surface area contributed by atoms with E-state index < -0.39 is 0 Å². The molecule has 0 aliphatic rings. The second-order valence-electron chi connectivity index (χ2n) is 5.26. The van der Waals surface area contributed by atoms with Crippen molar-refractivity contribution in [1.29, 1.82) is 0 Å². The van der Waals surface area contributed by atoms with E-state index in [1.54, 1.807) is 24.5 Å². The summed E-state index contributed by atoms with van der Waals surface area (Å²) in [6, 6.07) is 11.7. The van der Waals surface area contributed by atoms with E-state index in [9.17, 15) is 4.79 Å². The monoisotopic (exact) mass is 319 g/mol. The van der Waals surface area contributed by atoms with Gasteiger partial charge in [0.05, 0.1) is 28.7 Å². The van der Waals surface area contributed by atoms with Gasteiger partial charge in [0.1, 0.15) is 0 Å². The number of ketones is 1. The first-order chi connectivity index (χ1) is 11.2. The Bertz CT molecular complexity index is 1000. The topological polar surface area (TPSA) is 47.3 Å². The van der Waals surface area contributed by atoms with Gasteiger partial charge in [-0.2, -0.15) is 0 Å². The Morgan fingerprint density at radius 1 is 1.13 bits per heavy atom. The second-order valence-corrected chi connectivity index (χ2v) is 6.21. The average Bonchev–Trinajstić information content (AvgIpc) is 3.24. The highest BCUT2D eigenvalue weighted by molar-refractivity contribution is 7.13. The SMILES string of the molecule is CC(=O)c1cccc(-c2cnc3cnc(-c4cccs4)cn23)c1. The summed E-state index contributed by atoms with van der Waals surface area (Å²) in [7, 11) is 0. The Morgan fingerprint density at radius 2 is 2.04 bits per heavy atom. The molecule has 23 heavy (non-hydrogen) atoms. The number of aromatic nitrogens is 3. The zero-order chi connectivity index (χ0) is 15.8. The van der Waals surface area contributed by atoms with Crippen molar-refractivity contribution in [2.24, 2.45) is 0 Å². The van der Waals surface area contributed by atoms with Crippen molar-refractivity contribution in [1.82, 2.24) is 14.4 Å². The summed E-state index contributed by atoms with van der Waals surface area (Å²) in [4.78, 5) is 21.6. The summed E-state index contributed by atoms with van der Waals surface area (Å²) in [6.45, 7) is 1.58. The molecule has 0 amide bonds.